The molecule has 1 aliphatic carbocycles. The zero-order valence-corrected chi connectivity index (χ0v) is 20.6. The van der Waals surface area contributed by atoms with Crippen molar-refractivity contribution in [3.63, 3.8) is 0 Å². The minimum absolute atomic E-state index is 0.101. The fourth-order valence-corrected chi connectivity index (χ4v) is 5.34. The molecule has 3 aromatic carbocycles. The van der Waals surface area contributed by atoms with Crippen molar-refractivity contribution < 1.29 is 9.00 Å². The first-order valence-electron chi connectivity index (χ1n) is 11.8. The number of carbonyl (C=O) groups excluding carboxylic acids is 1. The lowest BCUT2D eigenvalue weighted by atomic mass is 9.85. The molecule has 0 heterocycles. The maximum Gasteiger partial charge on any atom is 0.252 e. The Hall–Kier alpha value is -3.24. The van der Waals surface area contributed by atoms with E-state index in [9.17, 15) is 9.00 Å². The average molecular weight is 470 g/mol. The molecule has 0 aliphatic heterocycles. The SMILES string of the molecule is CC[C@H](NC(=O)/C1=C(CS(C)=O)/C(c2ccccc2)=C/CCc2ccccc21)c1ccccc1. The Bertz CT molecular complexity index is 1230. The monoisotopic (exact) mass is 469 g/mol. The van der Waals surface area contributed by atoms with Gasteiger partial charge in [-0.05, 0) is 52.7 Å². The fourth-order valence-electron chi connectivity index (χ4n) is 4.63. The average Bonchev–Trinajstić information content (AvgIpc) is 2.85. The van der Waals surface area contributed by atoms with Gasteiger partial charge in [0.1, 0.15) is 0 Å². The van der Waals surface area contributed by atoms with Gasteiger partial charge in [0.25, 0.3) is 5.91 Å². The van der Waals surface area contributed by atoms with Crippen molar-refractivity contribution in [3.05, 3.63) is 119 Å². The highest BCUT2D eigenvalue weighted by atomic mass is 32.2. The number of allylic oxidation sites excluding steroid dienone is 2. The van der Waals surface area contributed by atoms with E-state index >= 15 is 0 Å². The zero-order valence-electron chi connectivity index (χ0n) is 19.8. The number of benzene rings is 3. The Morgan fingerprint density at radius 1 is 0.941 bits per heavy atom. The van der Waals surface area contributed by atoms with E-state index in [4.69, 9.17) is 0 Å². The standard InChI is InChI=1S/C30H31NO2S/c1-3-28(24-16-8-5-9-17-24)31-30(32)29-26-19-11-10-15-23(26)18-12-20-25(27(29)21-34(2)33)22-13-6-4-7-14-22/h4-11,13-17,19-20,28H,3,12,18,21H2,1-2H3,(H,31,32)/b25-20+,29-27+/t28-,34?/m0/s1. The van der Waals surface area contributed by atoms with Crippen molar-refractivity contribution in [2.24, 2.45) is 0 Å². The van der Waals surface area contributed by atoms with Crippen LogP contribution in [0.15, 0.2) is 96.6 Å². The summed E-state index contributed by atoms with van der Waals surface area (Å²) in [6.45, 7) is 2.08. The van der Waals surface area contributed by atoms with E-state index in [1.54, 1.807) is 6.26 Å². The van der Waals surface area contributed by atoms with Gasteiger partial charge in [-0.25, -0.2) is 0 Å². The summed E-state index contributed by atoms with van der Waals surface area (Å²) in [5.41, 5.74) is 6.69. The normalized spacial score (nSPS) is 19.1. The maximum absolute atomic E-state index is 14.0. The second-order valence-electron chi connectivity index (χ2n) is 8.60. The molecule has 0 aromatic heterocycles. The van der Waals surface area contributed by atoms with Crippen LogP contribution in [0.5, 0.6) is 0 Å². The Morgan fingerprint density at radius 2 is 1.59 bits per heavy atom. The first-order valence-corrected chi connectivity index (χ1v) is 13.5. The number of rotatable bonds is 7. The molecule has 34 heavy (non-hydrogen) atoms. The van der Waals surface area contributed by atoms with Crippen molar-refractivity contribution in [3.8, 4) is 0 Å². The molecule has 1 amide bonds. The van der Waals surface area contributed by atoms with Gasteiger partial charge in [0, 0.05) is 22.8 Å². The molecule has 0 fully saturated rings. The van der Waals surface area contributed by atoms with E-state index in [2.05, 4.69) is 36.5 Å². The van der Waals surface area contributed by atoms with E-state index in [0.717, 1.165) is 52.7 Å². The quantitative estimate of drug-likeness (QED) is 0.453. The van der Waals surface area contributed by atoms with Gasteiger partial charge in [0.15, 0.2) is 0 Å². The summed E-state index contributed by atoms with van der Waals surface area (Å²) in [7, 11) is -1.11. The predicted molar refractivity (Wildman–Crippen MR) is 143 cm³/mol. The number of hydrogen-bond donors (Lipinski definition) is 1. The summed E-state index contributed by atoms with van der Waals surface area (Å²) in [6, 6.07) is 28.2. The molecule has 4 rings (SSSR count). The Morgan fingerprint density at radius 3 is 2.26 bits per heavy atom. The Balaban J connectivity index is 1.89. The van der Waals surface area contributed by atoms with Crippen molar-refractivity contribution in [2.45, 2.75) is 32.2 Å². The Kier molecular flexibility index (Phi) is 7.91. The summed E-state index contributed by atoms with van der Waals surface area (Å²) in [6.07, 6.45) is 6.39. The highest BCUT2D eigenvalue weighted by Gasteiger charge is 2.26. The van der Waals surface area contributed by atoms with E-state index in [-0.39, 0.29) is 11.9 Å². The fraction of sp³-hybridized carbons (Fsp3) is 0.233. The van der Waals surface area contributed by atoms with Crippen molar-refractivity contribution in [1.82, 2.24) is 5.32 Å². The minimum Gasteiger partial charge on any atom is -0.345 e. The third kappa shape index (κ3) is 5.45. The summed E-state index contributed by atoms with van der Waals surface area (Å²) in [4.78, 5) is 14.0. The number of aryl methyl sites for hydroxylation is 1. The summed E-state index contributed by atoms with van der Waals surface area (Å²) in [5.74, 6) is 0.201. The van der Waals surface area contributed by atoms with Crippen LogP contribution in [0.4, 0.5) is 0 Å². The van der Waals surface area contributed by atoms with Gasteiger partial charge >= 0.3 is 0 Å². The number of carbonyl (C=O) groups is 1. The lowest BCUT2D eigenvalue weighted by Crippen LogP contribution is -2.30. The van der Waals surface area contributed by atoms with Crippen LogP contribution in [-0.4, -0.2) is 22.1 Å². The lowest BCUT2D eigenvalue weighted by Gasteiger charge is -2.25. The summed E-state index contributed by atoms with van der Waals surface area (Å²) in [5, 5.41) is 3.29. The van der Waals surface area contributed by atoms with Gasteiger partial charge in [0.05, 0.1) is 11.6 Å². The molecule has 0 saturated heterocycles. The number of nitrogens with one attached hydrogen (secondary N) is 1. The van der Waals surface area contributed by atoms with Crippen LogP contribution in [0.2, 0.25) is 0 Å². The molecule has 0 saturated carbocycles. The van der Waals surface area contributed by atoms with Gasteiger partial charge in [-0.15, -0.1) is 0 Å². The van der Waals surface area contributed by atoms with Crippen LogP contribution in [0.3, 0.4) is 0 Å². The molecule has 2 atom stereocenters. The van der Waals surface area contributed by atoms with Gasteiger partial charge in [0.2, 0.25) is 0 Å². The number of fused-ring (bicyclic) bond motifs is 1. The molecule has 1 aliphatic rings. The molecular weight excluding hydrogens is 438 g/mol. The van der Waals surface area contributed by atoms with E-state index < -0.39 is 10.8 Å². The lowest BCUT2D eigenvalue weighted by molar-refractivity contribution is -0.116. The smallest absolute Gasteiger partial charge is 0.252 e. The zero-order chi connectivity index (χ0) is 23.9. The highest BCUT2D eigenvalue weighted by molar-refractivity contribution is 7.84. The van der Waals surface area contributed by atoms with Crippen LogP contribution < -0.4 is 5.32 Å². The summed E-state index contributed by atoms with van der Waals surface area (Å²) < 4.78 is 12.6. The van der Waals surface area contributed by atoms with Gasteiger partial charge in [-0.3, -0.25) is 9.00 Å². The van der Waals surface area contributed by atoms with Crippen LogP contribution in [0.1, 0.15) is 48.1 Å². The number of amides is 1. The van der Waals surface area contributed by atoms with E-state index in [1.165, 1.54) is 0 Å². The van der Waals surface area contributed by atoms with Crippen molar-refractivity contribution >= 4 is 27.9 Å². The second-order valence-corrected chi connectivity index (χ2v) is 10.0. The molecule has 3 nitrogen and oxygen atoms in total. The third-order valence-electron chi connectivity index (χ3n) is 6.25. The van der Waals surface area contributed by atoms with Crippen LogP contribution in [0, 0.1) is 0 Å². The molecule has 0 bridgehead atoms. The molecule has 0 radical (unpaired) electrons. The van der Waals surface area contributed by atoms with Crippen LogP contribution in [-0.2, 0) is 22.0 Å². The first kappa shape index (κ1) is 23.9. The largest absolute Gasteiger partial charge is 0.345 e. The molecule has 3 aromatic rings. The molecule has 4 heteroatoms. The minimum atomic E-state index is -1.11. The van der Waals surface area contributed by atoms with Crippen molar-refractivity contribution in [2.75, 3.05) is 12.0 Å². The van der Waals surface area contributed by atoms with Crippen LogP contribution in [0.25, 0.3) is 11.1 Å². The predicted octanol–water partition coefficient (Wildman–Crippen LogP) is 6.12. The molecule has 0 spiro atoms. The molecule has 174 valence electrons. The molecule has 1 unspecified atom stereocenters. The van der Waals surface area contributed by atoms with Crippen molar-refractivity contribution in [1.29, 1.82) is 0 Å². The number of hydrogen-bond acceptors (Lipinski definition) is 2. The molecular formula is C30H31NO2S. The maximum atomic E-state index is 14.0. The van der Waals surface area contributed by atoms with E-state index in [1.807, 2.05) is 66.7 Å². The highest BCUT2D eigenvalue weighted by Crippen LogP contribution is 2.36. The van der Waals surface area contributed by atoms with Gasteiger partial charge in [-0.2, -0.15) is 0 Å². The summed E-state index contributed by atoms with van der Waals surface area (Å²) >= 11 is 0. The van der Waals surface area contributed by atoms with Crippen LogP contribution >= 0.6 is 0 Å². The van der Waals surface area contributed by atoms with Gasteiger partial charge in [-0.1, -0.05) is 97.9 Å². The van der Waals surface area contributed by atoms with Gasteiger partial charge < -0.3 is 5.32 Å². The third-order valence-corrected chi connectivity index (χ3v) is 6.95. The Labute approximate surface area is 205 Å². The first-order chi connectivity index (χ1) is 16.6. The molecule has 1 N–H and O–H groups in total. The van der Waals surface area contributed by atoms with E-state index in [0.29, 0.717) is 11.3 Å². The second kappa shape index (κ2) is 11.3. The topological polar surface area (TPSA) is 46.2 Å².